The van der Waals surface area contributed by atoms with Gasteiger partial charge in [0.2, 0.25) is 0 Å². The molecule has 1 aliphatic heterocycles. The van der Waals surface area contributed by atoms with Crippen molar-refractivity contribution >= 4 is 28.5 Å². The van der Waals surface area contributed by atoms with Crippen molar-refractivity contribution in [1.82, 2.24) is 24.9 Å². The molecule has 4 heterocycles. The second-order valence-corrected chi connectivity index (χ2v) is 8.42. The quantitative estimate of drug-likeness (QED) is 0.410. The summed E-state index contributed by atoms with van der Waals surface area (Å²) >= 11 is 0. The Kier molecular flexibility index (Phi) is 5.83. The summed E-state index contributed by atoms with van der Waals surface area (Å²) in [7, 11) is 0. The predicted molar refractivity (Wildman–Crippen MR) is 128 cm³/mol. The van der Waals surface area contributed by atoms with Crippen LogP contribution in [0.3, 0.4) is 0 Å². The molecule has 0 amide bonds. The van der Waals surface area contributed by atoms with E-state index < -0.39 is 0 Å². The van der Waals surface area contributed by atoms with Crippen molar-refractivity contribution < 1.29 is 0 Å². The SMILES string of the molecule is CC1CCN(c2cc(NCc3ccccc3)ncn2)CC1CNc1ncnc2[nH]ccc12. The van der Waals surface area contributed by atoms with Crippen LogP contribution in [0.4, 0.5) is 17.5 Å². The van der Waals surface area contributed by atoms with E-state index in [4.69, 9.17) is 0 Å². The van der Waals surface area contributed by atoms with Crippen LogP contribution in [0.1, 0.15) is 18.9 Å². The molecular formula is C24H28N8. The Morgan fingerprint density at radius 3 is 2.81 bits per heavy atom. The Hall–Kier alpha value is -3.68. The van der Waals surface area contributed by atoms with Crippen LogP contribution >= 0.6 is 0 Å². The molecule has 2 atom stereocenters. The standard InChI is InChI=1S/C24H28N8/c1-17-8-10-32(14-19(17)13-27-24-20-7-9-25-23(20)30-16-31-24)22-11-21(28-15-29-22)26-12-18-5-3-2-4-6-18/h2-7,9,11,15-17,19H,8,10,12-14H2,1H3,(H,26,28,29)(H2,25,27,30,31). The summed E-state index contributed by atoms with van der Waals surface area (Å²) in [6, 6.07) is 14.4. The van der Waals surface area contributed by atoms with Crippen molar-refractivity contribution in [3.05, 3.63) is 66.9 Å². The van der Waals surface area contributed by atoms with Gasteiger partial charge in [-0.05, 0) is 29.9 Å². The largest absolute Gasteiger partial charge is 0.369 e. The molecule has 1 fully saturated rings. The monoisotopic (exact) mass is 428 g/mol. The summed E-state index contributed by atoms with van der Waals surface area (Å²) in [4.78, 5) is 23.2. The Labute approximate surface area is 187 Å². The number of nitrogens with one attached hydrogen (secondary N) is 3. The van der Waals surface area contributed by atoms with Gasteiger partial charge in [0.1, 0.15) is 35.8 Å². The molecule has 2 unspecified atom stereocenters. The van der Waals surface area contributed by atoms with Gasteiger partial charge < -0.3 is 20.5 Å². The van der Waals surface area contributed by atoms with E-state index in [1.54, 1.807) is 12.7 Å². The Morgan fingerprint density at radius 1 is 1.03 bits per heavy atom. The molecule has 8 heteroatoms. The first-order valence-electron chi connectivity index (χ1n) is 11.1. The zero-order valence-electron chi connectivity index (χ0n) is 18.2. The van der Waals surface area contributed by atoms with Gasteiger partial charge in [0.05, 0.1) is 5.39 Å². The van der Waals surface area contributed by atoms with Crippen LogP contribution in [-0.4, -0.2) is 44.6 Å². The fourth-order valence-corrected chi connectivity index (χ4v) is 4.27. The first-order chi connectivity index (χ1) is 15.8. The fraction of sp³-hybridized carbons (Fsp3) is 0.333. The average molecular weight is 429 g/mol. The summed E-state index contributed by atoms with van der Waals surface area (Å²) in [6.45, 7) is 5.89. The molecule has 3 aromatic heterocycles. The molecule has 0 saturated carbocycles. The van der Waals surface area contributed by atoms with Crippen molar-refractivity contribution in [2.45, 2.75) is 19.9 Å². The molecule has 1 aromatic carbocycles. The van der Waals surface area contributed by atoms with E-state index in [1.807, 2.05) is 30.5 Å². The number of hydrogen-bond acceptors (Lipinski definition) is 7. The van der Waals surface area contributed by atoms with Crippen LogP contribution in [0, 0.1) is 11.8 Å². The number of hydrogen-bond donors (Lipinski definition) is 3. The lowest BCUT2D eigenvalue weighted by molar-refractivity contribution is 0.313. The number of H-pyrrole nitrogens is 1. The summed E-state index contributed by atoms with van der Waals surface area (Å²) in [6.07, 6.45) is 6.28. The van der Waals surface area contributed by atoms with Gasteiger partial charge in [-0.3, -0.25) is 0 Å². The highest BCUT2D eigenvalue weighted by Crippen LogP contribution is 2.28. The molecule has 4 aromatic rings. The zero-order valence-corrected chi connectivity index (χ0v) is 18.2. The van der Waals surface area contributed by atoms with E-state index in [0.29, 0.717) is 11.8 Å². The lowest BCUT2D eigenvalue weighted by atomic mass is 9.87. The maximum absolute atomic E-state index is 4.56. The number of aromatic amines is 1. The smallest absolute Gasteiger partial charge is 0.142 e. The molecular weight excluding hydrogens is 400 g/mol. The molecule has 0 spiro atoms. The molecule has 164 valence electrons. The van der Waals surface area contributed by atoms with Crippen LogP contribution < -0.4 is 15.5 Å². The van der Waals surface area contributed by atoms with Gasteiger partial charge in [-0.15, -0.1) is 0 Å². The van der Waals surface area contributed by atoms with E-state index in [-0.39, 0.29) is 0 Å². The van der Waals surface area contributed by atoms with Crippen molar-refractivity contribution in [1.29, 1.82) is 0 Å². The minimum Gasteiger partial charge on any atom is -0.369 e. The van der Waals surface area contributed by atoms with Crippen molar-refractivity contribution in [3.8, 4) is 0 Å². The van der Waals surface area contributed by atoms with Crippen LogP contribution in [0.15, 0.2) is 61.3 Å². The summed E-state index contributed by atoms with van der Waals surface area (Å²) in [5, 5.41) is 7.99. The lowest BCUT2D eigenvalue weighted by Crippen LogP contribution is -2.42. The summed E-state index contributed by atoms with van der Waals surface area (Å²) < 4.78 is 0. The van der Waals surface area contributed by atoms with E-state index >= 15 is 0 Å². The van der Waals surface area contributed by atoms with Crippen LogP contribution in [0.25, 0.3) is 11.0 Å². The highest BCUT2D eigenvalue weighted by Gasteiger charge is 2.27. The molecule has 32 heavy (non-hydrogen) atoms. The predicted octanol–water partition coefficient (Wildman–Crippen LogP) is 3.93. The van der Waals surface area contributed by atoms with Crippen molar-refractivity contribution in [3.63, 3.8) is 0 Å². The molecule has 1 aliphatic rings. The number of nitrogens with zero attached hydrogens (tertiary/aromatic N) is 5. The number of piperidine rings is 1. The summed E-state index contributed by atoms with van der Waals surface area (Å²) in [5.41, 5.74) is 2.09. The maximum atomic E-state index is 4.56. The topological polar surface area (TPSA) is 94.7 Å². The Morgan fingerprint density at radius 2 is 1.91 bits per heavy atom. The molecule has 0 bridgehead atoms. The molecule has 5 rings (SSSR count). The van der Waals surface area contributed by atoms with Crippen LogP contribution in [-0.2, 0) is 6.54 Å². The van der Waals surface area contributed by atoms with E-state index in [0.717, 1.165) is 61.1 Å². The van der Waals surface area contributed by atoms with Crippen LogP contribution in [0.2, 0.25) is 0 Å². The van der Waals surface area contributed by atoms with E-state index in [2.05, 4.69) is 65.6 Å². The first kappa shape index (κ1) is 20.2. The summed E-state index contributed by atoms with van der Waals surface area (Å²) in [5.74, 6) is 3.82. The Balaban J connectivity index is 1.23. The number of aromatic nitrogens is 5. The third kappa shape index (κ3) is 4.49. The minimum absolute atomic E-state index is 0.489. The van der Waals surface area contributed by atoms with Gasteiger partial charge in [0, 0.05) is 38.4 Å². The molecule has 8 nitrogen and oxygen atoms in total. The third-order valence-electron chi connectivity index (χ3n) is 6.29. The minimum atomic E-state index is 0.489. The molecule has 0 radical (unpaired) electrons. The van der Waals surface area contributed by atoms with Gasteiger partial charge in [-0.2, -0.15) is 0 Å². The Bertz CT molecular complexity index is 1160. The molecule has 0 aliphatic carbocycles. The van der Waals surface area contributed by atoms with Gasteiger partial charge >= 0.3 is 0 Å². The van der Waals surface area contributed by atoms with Gasteiger partial charge in [0.15, 0.2) is 0 Å². The number of fused-ring (bicyclic) bond motifs is 1. The maximum Gasteiger partial charge on any atom is 0.142 e. The fourth-order valence-electron chi connectivity index (χ4n) is 4.27. The van der Waals surface area contributed by atoms with E-state index in [1.165, 1.54) is 5.56 Å². The second kappa shape index (κ2) is 9.21. The van der Waals surface area contributed by atoms with Crippen molar-refractivity contribution in [2.24, 2.45) is 11.8 Å². The third-order valence-corrected chi connectivity index (χ3v) is 6.29. The number of benzene rings is 1. The van der Waals surface area contributed by atoms with Gasteiger partial charge in [-0.1, -0.05) is 37.3 Å². The van der Waals surface area contributed by atoms with Gasteiger partial charge in [-0.25, -0.2) is 19.9 Å². The number of rotatable bonds is 7. The second-order valence-electron chi connectivity index (χ2n) is 8.42. The first-order valence-corrected chi connectivity index (χ1v) is 11.1. The molecule has 1 saturated heterocycles. The highest BCUT2D eigenvalue weighted by molar-refractivity contribution is 5.86. The van der Waals surface area contributed by atoms with Crippen molar-refractivity contribution in [2.75, 3.05) is 35.2 Å². The van der Waals surface area contributed by atoms with Crippen LogP contribution in [0.5, 0.6) is 0 Å². The lowest BCUT2D eigenvalue weighted by Gasteiger charge is -2.38. The molecule has 3 N–H and O–H groups in total. The average Bonchev–Trinajstić information content (AvgIpc) is 3.33. The number of anilines is 3. The van der Waals surface area contributed by atoms with E-state index in [9.17, 15) is 0 Å². The highest BCUT2D eigenvalue weighted by atomic mass is 15.2. The van der Waals surface area contributed by atoms with Gasteiger partial charge in [0.25, 0.3) is 0 Å². The zero-order chi connectivity index (χ0) is 21.8. The normalized spacial score (nSPS) is 18.6.